The van der Waals surface area contributed by atoms with Gasteiger partial charge in [0, 0.05) is 0 Å². The average Bonchev–Trinajstić information content (AvgIpc) is 2.15. The molecule has 0 bridgehead atoms. The molecule has 4 nitrogen and oxygen atoms in total. The van der Waals surface area contributed by atoms with Crippen LogP contribution in [-0.4, -0.2) is 29.1 Å². The highest BCUT2D eigenvalue weighted by Crippen LogP contribution is 2.17. The Hall–Kier alpha value is -1.72. The number of carbonyl (C=O) groups is 1. The van der Waals surface area contributed by atoms with E-state index in [9.17, 15) is 13.6 Å². The number of nitrogens with zero attached hydrogens (tertiary/aromatic N) is 1. The molecule has 0 saturated heterocycles. The number of hydrogen-bond acceptors (Lipinski definition) is 3. The fourth-order valence-electron chi connectivity index (χ4n) is 0.964. The van der Waals surface area contributed by atoms with Crippen LogP contribution < -0.4 is 4.74 Å². The second kappa shape index (κ2) is 4.68. The molecule has 15 heavy (non-hydrogen) atoms. The number of halogens is 2. The number of carboxylic acids is 1. The Labute approximate surface area is 84.5 Å². The zero-order chi connectivity index (χ0) is 11.4. The average molecular weight is 217 g/mol. The van der Waals surface area contributed by atoms with Crippen molar-refractivity contribution in [1.82, 2.24) is 4.98 Å². The zero-order valence-electron chi connectivity index (χ0n) is 7.91. The van der Waals surface area contributed by atoms with E-state index in [0.717, 1.165) is 6.20 Å². The fraction of sp³-hybridized carbons (Fsp3) is 0.333. The molecule has 0 aliphatic heterocycles. The second-order valence-electron chi connectivity index (χ2n) is 2.84. The van der Waals surface area contributed by atoms with Crippen LogP contribution in [0.4, 0.5) is 8.78 Å². The standard InChI is InChI=1S/C9H9F2NO3/c1-5-2-6(9(13)14)12-3-7(5)15-4-8(10)11/h2-3,8H,4H2,1H3,(H,13,14). The lowest BCUT2D eigenvalue weighted by Crippen LogP contribution is -2.09. The largest absolute Gasteiger partial charge is 0.486 e. The normalized spacial score (nSPS) is 10.4. The van der Waals surface area contributed by atoms with Crippen LogP contribution in [0.15, 0.2) is 12.3 Å². The minimum Gasteiger partial charge on any atom is -0.486 e. The first-order valence-electron chi connectivity index (χ1n) is 4.11. The fourth-order valence-corrected chi connectivity index (χ4v) is 0.964. The van der Waals surface area contributed by atoms with Gasteiger partial charge in [-0.2, -0.15) is 0 Å². The number of pyridine rings is 1. The van der Waals surface area contributed by atoms with Gasteiger partial charge < -0.3 is 9.84 Å². The van der Waals surface area contributed by atoms with Crippen LogP contribution in [0.2, 0.25) is 0 Å². The van der Waals surface area contributed by atoms with Crippen molar-refractivity contribution >= 4 is 5.97 Å². The van der Waals surface area contributed by atoms with E-state index in [2.05, 4.69) is 4.98 Å². The minimum absolute atomic E-state index is 0.142. The predicted octanol–water partition coefficient (Wildman–Crippen LogP) is 1.73. The van der Waals surface area contributed by atoms with Gasteiger partial charge in [-0.15, -0.1) is 0 Å². The van der Waals surface area contributed by atoms with E-state index >= 15 is 0 Å². The van der Waals surface area contributed by atoms with E-state index in [1.54, 1.807) is 6.92 Å². The van der Waals surface area contributed by atoms with Gasteiger partial charge in [-0.25, -0.2) is 18.6 Å². The summed E-state index contributed by atoms with van der Waals surface area (Å²) < 4.78 is 28.4. The van der Waals surface area contributed by atoms with Crippen molar-refractivity contribution < 1.29 is 23.4 Å². The van der Waals surface area contributed by atoms with Crippen molar-refractivity contribution in [3.8, 4) is 5.75 Å². The minimum atomic E-state index is -2.57. The van der Waals surface area contributed by atoms with Gasteiger partial charge in [0.2, 0.25) is 0 Å². The third-order valence-corrected chi connectivity index (χ3v) is 1.65. The SMILES string of the molecule is Cc1cc(C(=O)O)ncc1OCC(F)F. The summed E-state index contributed by atoms with van der Waals surface area (Å²) in [6, 6.07) is 1.27. The van der Waals surface area contributed by atoms with Crippen LogP contribution in [0.3, 0.4) is 0 Å². The Morgan fingerprint density at radius 2 is 2.33 bits per heavy atom. The molecular weight excluding hydrogens is 208 g/mol. The summed E-state index contributed by atoms with van der Waals surface area (Å²) in [5.74, 6) is -1.00. The summed E-state index contributed by atoms with van der Waals surface area (Å²) in [6.45, 7) is 0.837. The van der Waals surface area contributed by atoms with Crippen molar-refractivity contribution in [2.75, 3.05) is 6.61 Å². The lowest BCUT2D eigenvalue weighted by atomic mass is 10.2. The molecule has 1 N–H and O–H groups in total. The topological polar surface area (TPSA) is 59.4 Å². The highest BCUT2D eigenvalue weighted by Gasteiger charge is 2.09. The summed E-state index contributed by atoms with van der Waals surface area (Å²) in [7, 11) is 0. The Bertz CT molecular complexity index is 368. The van der Waals surface area contributed by atoms with E-state index < -0.39 is 19.0 Å². The van der Waals surface area contributed by atoms with Crippen LogP contribution in [0.25, 0.3) is 0 Å². The number of hydrogen-bond donors (Lipinski definition) is 1. The second-order valence-corrected chi connectivity index (χ2v) is 2.84. The Morgan fingerprint density at radius 1 is 1.67 bits per heavy atom. The third kappa shape index (κ3) is 3.16. The number of aromatic carboxylic acids is 1. The summed E-state index contributed by atoms with van der Waals surface area (Å²) in [6.07, 6.45) is -1.44. The number of carboxylic acid groups (broad SMARTS) is 1. The smallest absolute Gasteiger partial charge is 0.354 e. The monoisotopic (exact) mass is 217 g/mol. The molecule has 0 unspecified atom stereocenters. The van der Waals surface area contributed by atoms with Gasteiger partial charge >= 0.3 is 5.97 Å². The van der Waals surface area contributed by atoms with Gasteiger partial charge in [-0.05, 0) is 18.6 Å². The number of ether oxygens (including phenoxy) is 1. The van der Waals surface area contributed by atoms with Gasteiger partial charge in [0.1, 0.15) is 18.1 Å². The van der Waals surface area contributed by atoms with E-state index in [0.29, 0.717) is 5.56 Å². The van der Waals surface area contributed by atoms with Crippen LogP contribution in [0.5, 0.6) is 5.75 Å². The first kappa shape index (κ1) is 11.4. The Morgan fingerprint density at radius 3 is 2.80 bits per heavy atom. The maximum Gasteiger partial charge on any atom is 0.354 e. The molecule has 0 saturated carbocycles. The molecular formula is C9H9F2NO3. The van der Waals surface area contributed by atoms with Crippen molar-refractivity contribution in [1.29, 1.82) is 0 Å². The Kier molecular flexibility index (Phi) is 3.54. The summed E-state index contributed by atoms with van der Waals surface area (Å²) >= 11 is 0. The van der Waals surface area contributed by atoms with Crippen molar-refractivity contribution in [3.63, 3.8) is 0 Å². The lowest BCUT2D eigenvalue weighted by molar-refractivity contribution is 0.0688. The van der Waals surface area contributed by atoms with Crippen LogP contribution >= 0.6 is 0 Å². The van der Waals surface area contributed by atoms with Gasteiger partial charge in [0.15, 0.2) is 0 Å². The molecule has 1 aromatic rings. The van der Waals surface area contributed by atoms with Crippen molar-refractivity contribution in [2.24, 2.45) is 0 Å². The van der Waals surface area contributed by atoms with Crippen LogP contribution in [-0.2, 0) is 0 Å². The van der Waals surface area contributed by atoms with Crippen LogP contribution in [0.1, 0.15) is 16.1 Å². The van der Waals surface area contributed by atoms with Gasteiger partial charge in [-0.1, -0.05) is 0 Å². The molecule has 0 spiro atoms. The summed E-state index contributed by atoms with van der Waals surface area (Å²) in [5, 5.41) is 8.59. The highest BCUT2D eigenvalue weighted by molar-refractivity contribution is 5.85. The van der Waals surface area contributed by atoms with Gasteiger partial charge in [0.05, 0.1) is 6.20 Å². The third-order valence-electron chi connectivity index (χ3n) is 1.65. The molecule has 0 aliphatic rings. The van der Waals surface area contributed by atoms with Crippen molar-refractivity contribution in [3.05, 3.63) is 23.5 Å². The predicted molar refractivity (Wildman–Crippen MR) is 47.4 cm³/mol. The summed E-state index contributed by atoms with van der Waals surface area (Å²) in [5.41, 5.74) is 0.319. The molecule has 0 radical (unpaired) electrons. The first-order chi connectivity index (χ1) is 7.00. The quantitative estimate of drug-likeness (QED) is 0.834. The maximum atomic E-state index is 11.8. The maximum absolute atomic E-state index is 11.8. The van der Waals surface area contributed by atoms with Gasteiger partial charge in [0.25, 0.3) is 6.43 Å². The molecule has 1 heterocycles. The van der Waals surface area contributed by atoms with Gasteiger partial charge in [-0.3, -0.25) is 0 Å². The molecule has 0 amide bonds. The number of alkyl halides is 2. The molecule has 0 aliphatic carbocycles. The van der Waals surface area contributed by atoms with E-state index in [-0.39, 0.29) is 11.4 Å². The lowest BCUT2D eigenvalue weighted by Gasteiger charge is -2.07. The number of rotatable bonds is 4. The molecule has 82 valence electrons. The van der Waals surface area contributed by atoms with Crippen molar-refractivity contribution in [2.45, 2.75) is 13.3 Å². The van der Waals surface area contributed by atoms with E-state index in [4.69, 9.17) is 9.84 Å². The van der Waals surface area contributed by atoms with Crippen LogP contribution in [0, 0.1) is 6.92 Å². The highest BCUT2D eigenvalue weighted by atomic mass is 19.3. The summed E-state index contributed by atoms with van der Waals surface area (Å²) in [4.78, 5) is 14.1. The van der Waals surface area contributed by atoms with E-state index in [1.807, 2.05) is 0 Å². The zero-order valence-corrected chi connectivity index (χ0v) is 7.91. The number of aromatic nitrogens is 1. The van der Waals surface area contributed by atoms with E-state index in [1.165, 1.54) is 6.07 Å². The molecule has 0 fully saturated rings. The molecule has 1 aromatic heterocycles. The molecule has 0 aromatic carbocycles. The Balaban J connectivity index is 2.79. The molecule has 6 heteroatoms. The first-order valence-corrected chi connectivity index (χ1v) is 4.11. The molecule has 0 atom stereocenters. The molecule has 1 rings (SSSR count). The number of aryl methyl sites for hydroxylation is 1.